The molecule has 24 rings (SSSR count). The van der Waals surface area contributed by atoms with Crippen LogP contribution < -0.4 is 9.80 Å². The molecule has 572 valence electrons. The summed E-state index contributed by atoms with van der Waals surface area (Å²) in [5, 5.41) is 13.3. The number of allylic oxidation sites excluding steroid dienone is 1. The average Bonchev–Trinajstić information content (AvgIpc) is 1.54. The molecule has 0 bridgehead atoms. The Hall–Kier alpha value is -15.6. The van der Waals surface area contributed by atoms with Crippen LogP contribution >= 0.6 is 11.3 Å². The van der Waals surface area contributed by atoms with E-state index in [2.05, 4.69) is 444 Å². The van der Waals surface area contributed by atoms with E-state index in [-0.39, 0.29) is 0 Å². The number of thiophene rings is 1. The lowest BCUT2D eigenvalue weighted by Crippen LogP contribution is -2.09. The summed E-state index contributed by atoms with van der Waals surface area (Å²) in [6.45, 7) is 0. The van der Waals surface area contributed by atoms with Crippen LogP contribution in [-0.2, 0) is 6.42 Å². The Labute approximate surface area is 710 Å². The fourth-order valence-electron chi connectivity index (χ4n) is 19.2. The van der Waals surface area contributed by atoms with Crippen molar-refractivity contribution in [3.63, 3.8) is 0 Å². The van der Waals surface area contributed by atoms with Crippen LogP contribution in [0.5, 0.6) is 0 Å². The largest absolute Gasteiger partial charge is 0.456 e. The number of fused-ring (bicyclic) bond motifs is 14. The molecule has 23 aromatic rings. The van der Waals surface area contributed by atoms with Crippen molar-refractivity contribution in [1.82, 2.24) is 9.13 Å². The molecule has 0 unspecified atom stereocenters. The van der Waals surface area contributed by atoms with Crippen molar-refractivity contribution in [2.24, 2.45) is 0 Å². The highest BCUT2D eigenvalue weighted by atomic mass is 32.1. The van der Waals surface area contributed by atoms with Crippen LogP contribution in [0.25, 0.3) is 193 Å². The van der Waals surface area contributed by atoms with Gasteiger partial charge in [0.15, 0.2) is 0 Å². The number of benzene rings is 19. The lowest BCUT2D eigenvalue weighted by Gasteiger charge is -2.26. The summed E-state index contributed by atoms with van der Waals surface area (Å²) in [6.07, 6.45) is 6.81. The summed E-state index contributed by atoms with van der Waals surface area (Å²) in [6, 6.07) is 157. The van der Waals surface area contributed by atoms with Crippen LogP contribution in [0.4, 0.5) is 34.1 Å². The zero-order valence-electron chi connectivity index (χ0n) is 66.6. The zero-order chi connectivity index (χ0) is 80.3. The second-order valence-corrected chi connectivity index (χ2v) is 33.3. The minimum atomic E-state index is 0.848. The van der Waals surface area contributed by atoms with Gasteiger partial charge in [-0.05, 0) is 276 Å². The van der Waals surface area contributed by atoms with Gasteiger partial charge in [-0.25, -0.2) is 0 Å². The molecule has 0 spiro atoms. The molecule has 0 saturated heterocycles. The van der Waals surface area contributed by atoms with E-state index < -0.39 is 0 Å². The van der Waals surface area contributed by atoms with Gasteiger partial charge in [-0.3, -0.25) is 0 Å². The highest BCUT2D eigenvalue weighted by Gasteiger charge is 2.24. The molecule has 0 amide bonds. The molecule has 19 aromatic carbocycles. The number of para-hydroxylation sites is 4. The van der Waals surface area contributed by atoms with E-state index in [0.717, 1.165) is 141 Å². The van der Waals surface area contributed by atoms with E-state index in [9.17, 15) is 0 Å². The molecule has 4 heterocycles. The fourth-order valence-corrected chi connectivity index (χ4v) is 20.5. The quantitative estimate of drug-likeness (QED) is 0.102. The Morgan fingerprint density at radius 2 is 0.689 bits per heavy atom. The number of rotatable bonds is 15. The Morgan fingerprint density at radius 1 is 0.238 bits per heavy atom. The number of hydrogen-bond donors (Lipinski definition) is 0. The molecule has 0 radical (unpaired) electrons. The molecular weight excluding hydrogens is 1500 g/mol. The number of hydrogen-bond acceptors (Lipinski definition) is 4. The molecule has 5 nitrogen and oxygen atoms in total. The van der Waals surface area contributed by atoms with Gasteiger partial charge >= 0.3 is 0 Å². The van der Waals surface area contributed by atoms with E-state index >= 15 is 0 Å². The number of aromatic nitrogens is 2. The predicted molar refractivity (Wildman–Crippen MR) is 518 cm³/mol. The topological polar surface area (TPSA) is 29.5 Å². The van der Waals surface area contributed by atoms with Crippen LogP contribution in [-0.4, -0.2) is 9.13 Å². The predicted octanol–water partition coefficient (Wildman–Crippen LogP) is 32.9. The first kappa shape index (κ1) is 70.6. The Balaban J connectivity index is 0.585. The summed E-state index contributed by atoms with van der Waals surface area (Å²) < 4.78 is 12.8. The van der Waals surface area contributed by atoms with Crippen LogP contribution in [0.3, 0.4) is 0 Å². The third kappa shape index (κ3) is 12.2. The van der Waals surface area contributed by atoms with Gasteiger partial charge in [0.2, 0.25) is 0 Å². The van der Waals surface area contributed by atoms with E-state index in [4.69, 9.17) is 4.42 Å². The van der Waals surface area contributed by atoms with Gasteiger partial charge in [0, 0.05) is 98.8 Å². The SMILES string of the molecule is C1=Cc2c(sc3cc(N(c4ccc(-c5cc(-n6c7ccccc7c7ccccc76)ccc5-c5ccccc5)cc4)c4ccc(-c5cc(-c6ccc7c(c6)c6ccccc6n7-c6cc(-c7ccccc7)cc(-c7ccc(N(c8ccc(-c9ccc%10ccccc%10c9)cc8)c8ccc9c(c8)oc8ccccc89)cc7)c6)cc6ccccc56)cc4)ccc23)CC1. The minimum absolute atomic E-state index is 0.848. The zero-order valence-corrected chi connectivity index (χ0v) is 67.4. The van der Waals surface area contributed by atoms with Crippen molar-refractivity contribution in [2.75, 3.05) is 9.80 Å². The number of furan rings is 1. The average molecular weight is 1570 g/mol. The lowest BCUT2D eigenvalue weighted by atomic mass is 9.92. The van der Waals surface area contributed by atoms with Crippen LogP contribution in [0.2, 0.25) is 0 Å². The molecule has 1 aliphatic rings. The normalized spacial score (nSPS) is 12.2. The Bertz CT molecular complexity index is 8060. The minimum Gasteiger partial charge on any atom is -0.456 e. The first-order chi connectivity index (χ1) is 60.4. The molecule has 122 heavy (non-hydrogen) atoms. The summed E-state index contributed by atoms with van der Waals surface area (Å²) in [4.78, 5) is 6.25. The van der Waals surface area contributed by atoms with Gasteiger partial charge in [-0.2, -0.15) is 0 Å². The monoisotopic (exact) mass is 1570 g/mol. The molecule has 0 N–H and O–H groups in total. The van der Waals surface area contributed by atoms with Gasteiger partial charge in [0.25, 0.3) is 0 Å². The standard InChI is InChI=1S/C116H76N4OS/c1-3-21-75(22-4-1)86-67-87(78-43-52-90(53-44-78)117(94-59-62-103-102-32-14-19-37-113(102)121-114(103)73-94)89-50-41-77(42-51-89)83-40-39-76-23-7-8-26-82(76)65-83)69-96(68-86)120-111-36-18-13-31-101(111)108-70-84(49-64-112(108)120)88-66-85-27-9-10-28-97(85)106(71-88)80-45-54-91(55-46-80)118(95-60-63-105-104-33-15-20-38-115(104)122-116(105)74-95)92-56-47-81(48-57-92)107-72-93(58-61-98(107)79-24-5-2-6-25-79)119-109-34-16-11-29-99(109)100-30-12-17-35-110(100)119/h1-19,21-37,39-74H,20,38H2. The molecule has 0 saturated carbocycles. The van der Waals surface area contributed by atoms with Crippen molar-refractivity contribution in [1.29, 1.82) is 0 Å². The summed E-state index contributed by atoms with van der Waals surface area (Å²) >= 11 is 1.94. The maximum Gasteiger partial charge on any atom is 0.137 e. The molecule has 4 aromatic heterocycles. The molecule has 6 heteroatoms. The van der Waals surface area contributed by atoms with E-state index in [0.29, 0.717) is 0 Å². The second-order valence-electron chi connectivity index (χ2n) is 32.2. The number of anilines is 6. The maximum absolute atomic E-state index is 6.56. The summed E-state index contributed by atoms with van der Waals surface area (Å²) in [7, 11) is 0. The van der Waals surface area contributed by atoms with E-state index in [1.165, 1.54) is 102 Å². The van der Waals surface area contributed by atoms with Crippen LogP contribution in [0, 0.1) is 0 Å². The van der Waals surface area contributed by atoms with Crippen molar-refractivity contribution in [3.05, 3.63) is 441 Å². The second kappa shape index (κ2) is 29.2. The van der Waals surface area contributed by atoms with Gasteiger partial charge in [-0.1, -0.05) is 273 Å². The van der Waals surface area contributed by atoms with Crippen molar-refractivity contribution in [2.45, 2.75) is 12.8 Å². The highest BCUT2D eigenvalue weighted by molar-refractivity contribution is 7.19. The molecule has 0 atom stereocenters. The van der Waals surface area contributed by atoms with Gasteiger partial charge in [-0.15, -0.1) is 11.3 Å². The van der Waals surface area contributed by atoms with Crippen LogP contribution in [0.15, 0.2) is 435 Å². The molecule has 1 aliphatic carbocycles. The number of nitrogens with zero attached hydrogens (tertiary/aromatic N) is 4. The van der Waals surface area contributed by atoms with E-state index in [1.807, 2.05) is 23.5 Å². The summed E-state index contributed by atoms with van der Waals surface area (Å²) in [5.41, 5.74) is 32.5. The van der Waals surface area contributed by atoms with Gasteiger partial charge in [0.05, 0.1) is 22.1 Å². The smallest absolute Gasteiger partial charge is 0.137 e. The summed E-state index contributed by atoms with van der Waals surface area (Å²) in [5.74, 6) is 0. The molecule has 0 fully saturated rings. The third-order valence-corrected chi connectivity index (χ3v) is 26.3. The van der Waals surface area contributed by atoms with Crippen molar-refractivity contribution >= 4 is 149 Å². The molecule has 0 aliphatic heterocycles. The van der Waals surface area contributed by atoms with E-state index in [1.54, 1.807) is 0 Å². The molecular formula is C116H76N4OS. The maximum atomic E-state index is 6.56. The van der Waals surface area contributed by atoms with Gasteiger partial charge < -0.3 is 23.4 Å². The third-order valence-electron chi connectivity index (χ3n) is 25.1. The Kier molecular flexibility index (Phi) is 16.9. The highest BCUT2D eigenvalue weighted by Crippen LogP contribution is 2.48. The van der Waals surface area contributed by atoms with Gasteiger partial charge in [0.1, 0.15) is 11.2 Å². The number of aryl methyl sites for hydroxylation is 1. The van der Waals surface area contributed by atoms with Crippen molar-refractivity contribution < 1.29 is 4.42 Å². The fraction of sp³-hybridized carbons (Fsp3) is 0.0172. The Morgan fingerprint density at radius 3 is 1.35 bits per heavy atom. The van der Waals surface area contributed by atoms with Crippen LogP contribution in [0.1, 0.15) is 16.9 Å². The lowest BCUT2D eigenvalue weighted by molar-refractivity contribution is 0.669. The first-order valence-electron chi connectivity index (χ1n) is 42.0. The van der Waals surface area contributed by atoms with Crippen molar-refractivity contribution in [3.8, 4) is 89.3 Å². The first-order valence-corrected chi connectivity index (χ1v) is 42.8.